The molecule has 0 saturated heterocycles. The van der Waals surface area contributed by atoms with Gasteiger partial charge in [-0.25, -0.2) is 4.39 Å². The molecule has 0 aromatic heterocycles. The minimum Gasteiger partial charge on any atom is -0.485 e. The summed E-state index contributed by atoms with van der Waals surface area (Å²) in [5.41, 5.74) is 7.92. The van der Waals surface area contributed by atoms with Crippen LogP contribution in [0.15, 0.2) is 40.9 Å². The van der Waals surface area contributed by atoms with Crippen molar-refractivity contribution in [2.45, 2.75) is 18.6 Å². The van der Waals surface area contributed by atoms with Crippen molar-refractivity contribution in [1.29, 1.82) is 0 Å². The van der Waals surface area contributed by atoms with Gasteiger partial charge in [0, 0.05) is 28.6 Å². The average molecular weight is 357 g/mol. The molecule has 0 radical (unpaired) electrons. The third-order valence-corrected chi connectivity index (χ3v) is 4.66. The van der Waals surface area contributed by atoms with Crippen LogP contribution < -0.4 is 10.5 Å². The predicted molar refractivity (Wildman–Crippen MR) is 80.5 cm³/mol. The van der Waals surface area contributed by atoms with Crippen LogP contribution in [0.5, 0.6) is 5.75 Å². The molecule has 0 amide bonds. The van der Waals surface area contributed by atoms with Crippen molar-refractivity contribution in [3.05, 3.63) is 62.8 Å². The standard InChI is InChI=1S/C15H12BrClFNO/c16-11-4-1-8(5-12(11)17)14-7-13(19)10-3-2-9(18)6-15(10)20-14/h1-6,13-14H,7,19H2/t13-,14?/m1/s1. The quantitative estimate of drug-likeness (QED) is 0.799. The molecule has 2 nitrogen and oxygen atoms in total. The Morgan fingerprint density at radius 3 is 2.80 bits per heavy atom. The molecule has 2 atom stereocenters. The van der Waals surface area contributed by atoms with Crippen LogP contribution >= 0.6 is 27.5 Å². The predicted octanol–water partition coefficient (Wildman–Crippen LogP) is 4.77. The van der Waals surface area contributed by atoms with Crippen LogP contribution in [0.3, 0.4) is 0 Å². The van der Waals surface area contributed by atoms with Gasteiger partial charge < -0.3 is 10.5 Å². The van der Waals surface area contributed by atoms with Crippen molar-refractivity contribution in [1.82, 2.24) is 0 Å². The third kappa shape index (κ3) is 2.55. The molecule has 5 heteroatoms. The molecule has 2 aromatic carbocycles. The van der Waals surface area contributed by atoms with E-state index in [0.29, 0.717) is 17.2 Å². The van der Waals surface area contributed by atoms with E-state index in [2.05, 4.69) is 15.9 Å². The lowest BCUT2D eigenvalue weighted by molar-refractivity contribution is 0.161. The van der Waals surface area contributed by atoms with Crippen molar-refractivity contribution in [3.63, 3.8) is 0 Å². The summed E-state index contributed by atoms with van der Waals surface area (Å²) in [6, 6.07) is 9.92. The fourth-order valence-electron chi connectivity index (χ4n) is 2.39. The molecule has 2 N–H and O–H groups in total. The van der Waals surface area contributed by atoms with Gasteiger partial charge in [-0.3, -0.25) is 0 Å². The highest BCUT2D eigenvalue weighted by molar-refractivity contribution is 9.10. The van der Waals surface area contributed by atoms with Crippen LogP contribution in [0.2, 0.25) is 5.02 Å². The Balaban J connectivity index is 1.96. The zero-order chi connectivity index (χ0) is 14.3. The Morgan fingerprint density at radius 1 is 1.25 bits per heavy atom. The minimum absolute atomic E-state index is 0.174. The number of fused-ring (bicyclic) bond motifs is 1. The maximum Gasteiger partial charge on any atom is 0.127 e. The van der Waals surface area contributed by atoms with E-state index in [0.717, 1.165) is 15.6 Å². The summed E-state index contributed by atoms with van der Waals surface area (Å²) in [6.45, 7) is 0. The highest BCUT2D eigenvalue weighted by Gasteiger charge is 2.27. The number of halogens is 3. The summed E-state index contributed by atoms with van der Waals surface area (Å²) in [7, 11) is 0. The smallest absolute Gasteiger partial charge is 0.127 e. The van der Waals surface area contributed by atoms with Gasteiger partial charge in [-0.05, 0) is 39.7 Å². The molecule has 1 aliphatic rings. The van der Waals surface area contributed by atoms with Gasteiger partial charge in [0.25, 0.3) is 0 Å². The SMILES string of the molecule is N[C@@H]1CC(c2ccc(Br)c(Cl)c2)Oc2cc(F)ccc21. The lowest BCUT2D eigenvalue weighted by Gasteiger charge is -2.30. The molecule has 0 bridgehead atoms. The van der Waals surface area contributed by atoms with E-state index in [-0.39, 0.29) is 18.0 Å². The monoisotopic (exact) mass is 355 g/mol. The molecule has 0 fully saturated rings. The number of benzene rings is 2. The van der Waals surface area contributed by atoms with Crippen LogP contribution in [-0.4, -0.2) is 0 Å². The molecule has 0 aliphatic carbocycles. The maximum absolute atomic E-state index is 13.3. The molecule has 3 rings (SSSR count). The highest BCUT2D eigenvalue weighted by Crippen LogP contribution is 2.40. The first-order valence-corrected chi connectivity index (χ1v) is 7.38. The Morgan fingerprint density at radius 2 is 2.05 bits per heavy atom. The van der Waals surface area contributed by atoms with Gasteiger partial charge >= 0.3 is 0 Å². The van der Waals surface area contributed by atoms with Crippen LogP contribution in [0.1, 0.15) is 29.7 Å². The topological polar surface area (TPSA) is 35.2 Å². The molecule has 1 unspecified atom stereocenters. The summed E-state index contributed by atoms with van der Waals surface area (Å²) >= 11 is 9.45. The Bertz CT molecular complexity index is 664. The van der Waals surface area contributed by atoms with Gasteiger partial charge in [0.15, 0.2) is 0 Å². The fraction of sp³-hybridized carbons (Fsp3) is 0.200. The molecule has 1 heterocycles. The summed E-state index contributed by atoms with van der Waals surface area (Å²) < 4.78 is 20.0. The maximum atomic E-state index is 13.3. The van der Waals surface area contributed by atoms with E-state index in [4.69, 9.17) is 22.1 Å². The second kappa shape index (κ2) is 5.35. The van der Waals surface area contributed by atoms with Crippen LogP contribution in [0, 0.1) is 5.82 Å². The van der Waals surface area contributed by atoms with Crippen LogP contribution in [-0.2, 0) is 0 Å². The zero-order valence-electron chi connectivity index (χ0n) is 10.4. The van der Waals surface area contributed by atoms with Crippen LogP contribution in [0.25, 0.3) is 0 Å². The first-order valence-electron chi connectivity index (χ1n) is 6.21. The molecule has 104 valence electrons. The summed E-state index contributed by atoms with van der Waals surface area (Å²) in [6.07, 6.45) is 0.418. The van der Waals surface area contributed by atoms with Crippen molar-refractivity contribution in [2.24, 2.45) is 5.73 Å². The van der Waals surface area contributed by atoms with E-state index in [9.17, 15) is 4.39 Å². The second-order valence-electron chi connectivity index (χ2n) is 4.80. The minimum atomic E-state index is -0.328. The first kappa shape index (κ1) is 13.9. The molecular formula is C15H12BrClFNO. The normalized spacial score (nSPS) is 21.2. The summed E-state index contributed by atoms with van der Waals surface area (Å²) in [5, 5.41) is 0.615. The van der Waals surface area contributed by atoms with E-state index in [1.54, 1.807) is 6.07 Å². The molecular weight excluding hydrogens is 345 g/mol. The summed E-state index contributed by atoms with van der Waals surface area (Å²) in [4.78, 5) is 0. The number of ether oxygens (including phenoxy) is 1. The van der Waals surface area contributed by atoms with Crippen molar-refractivity contribution in [3.8, 4) is 5.75 Å². The fourth-order valence-corrected chi connectivity index (χ4v) is 2.83. The molecule has 1 aliphatic heterocycles. The first-order chi connectivity index (χ1) is 9.54. The van der Waals surface area contributed by atoms with E-state index in [1.807, 2.05) is 18.2 Å². The van der Waals surface area contributed by atoms with Crippen molar-refractivity contribution < 1.29 is 9.13 Å². The van der Waals surface area contributed by atoms with Gasteiger partial charge in [-0.15, -0.1) is 0 Å². The molecule has 0 spiro atoms. The zero-order valence-corrected chi connectivity index (χ0v) is 12.8. The van der Waals surface area contributed by atoms with Crippen molar-refractivity contribution >= 4 is 27.5 Å². The Labute approximate surface area is 129 Å². The largest absolute Gasteiger partial charge is 0.485 e. The highest BCUT2D eigenvalue weighted by atomic mass is 79.9. The lowest BCUT2D eigenvalue weighted by Crippen LogP contribution is -2.24. The summed E-state index contributed by atoms with van der Waals surface area (Å²) in [5.74, 6) is 0.179. The van der Waals surface area contributed by atoms with E-state index < -0.39 is 0 Å². The van der Waals surface area contributed by atoms with E-state index in [1.165, 1.54) is 12.1 Å². The third-order valence-electron chi connectivity index (χ3n) is 3.43. The lowest BCUT2D eigenvalue weighted by atomic mass is 9.93. The van der Waals surface area contributed by atoms with Gasteiger partial charge in [0.2, 0.25) is 0 Å². The van der Waals surface area contributed by atoms with Crippen LogP contribution in [0.4, 0.5) is 4.39 Å². The van der Waals surface area contributed by atoms with Gasteiger partial charge in [-0.1, -0.05) is 23.7 Å². The molecule has 2 aromatic rings. The van der Waals surface area contributed by atoms with E-state index >= 15 is 0 Å². The average Bonchev–Trinajstić information content (AvgIpc) is 2.41. The number of rotatable bonds is 1. The Kier molecular flexibility index (Phi) is 3.71. The van der Waals surface area contributed by atoms with Crippen molar-refractivity contribution in [2.75, 3.05) is 0 Å². The van der Waals surface area contributed by atoms with Gasteiger partial charge in [0.1, 0.15) is 17.7 Å². The number of hydrogen-bond donors (Lipinski definition) is 1. The number of hydrogen-bond acceptors (Lipinski definition) is 2. The molecule has 0 saturated carbocycles. The Hall–Kier alpha value is -1.10. The van der Waals surface area contributed by atoms with Gasteiger partial charge in [-0.2, -0.15) is 0 Å². The molecule has 20 heavy (non-hydrogen) atoms. The van der Waals surface area contributed by atoms with Gasteiger partial charge in [0.05, 0.1) is 5.02 Å². The second-order valence-corrected chi connectivity index (χ2v) is 6.07. The number of nitrogens with two attached hydrogens (primary N) is 1.